The molecule has 2 bridgehead atoms. The summed E-state index contributed by atoms with van der Waals surface area (Å²) < 4.78 is 12.5. The number of benzene rings is 2. The van der Waals surface area contributed by atoms with Crippen LogP contribution in [0.1, 0.15) is 25.0 Å². The zero-order chi connectivity index (χ0) is 17.8. The minimum atomic E-state index is -4.33. The number of hydrogen-bond acceptors (Lipinski definition) is 1. The molecule has 0 fully saturated rings. The molecular weight excluding hydrogens is 350 g/mol. The van der Waals surface area contributed by atoms with E-state index in [-0.39, 0.29) is 5.41 Å². The van der Waals surface area contributed by atoms with Crippen LogP contribution in [0.2, 0.25) is 0 Å². The fraction of sp³-hybridized carbons (Fsp3) is 0.200. The minimum absolute atomic E-state index is 0.311. The largest absolute Gasteiger partial charge is 0.357 e. The van der Waals surface area contributed by atoms with Gasteiger partial charge in [0.15, 0.2) is 0 Å². The molecule has 4 rings (SSSR count). The van der Waals surface area contributed by atoms with Gasteiger partial charge in [0, 0.05) is 5.41 Å². The molecule has 128 valence electrons. The molecule has 0 radical (unpaired) electrons. The fourth-order valence-corrected chi connectivity index (χ4v) is 9.87. The normalized spacial score (nSPS) is 25.8. The van der Waals surface area contributed by atoms with E-state index in [1.165, 1.54) is 5.57 Å². The molecule has 0 spiro atoms. The van der Waals surface area contributed by atoms with E-state index >= 15 is 0 Å². The molecule has 2 atom stereocenters. The van der Waals surface area contributed by atoms with Crippen molar-refractivity contribution in [3.05, 3.63) is 82.4 Å². The van der Waals surface area contributed by atoms with Gasteiger partial charge in [0.1, 0.15) is 0 Å². The van der Waals surface area contributed by atoms with E-state index in [1.54, 1.807) is 0 Å². The van der Waals surface area contributed by atoms with Crippen molar-refractivity contribution >= 4 is 26.4 Å². The van der Waals surface area contributed by atoms with Crippen LogP contribution in [-0.2, 0) is 4.57 Å². The summed E-state index contributed by atoms with van der Waals surface area (Å²) in [6.45, 7) is 4.27. The Morgan fingerprint density at radius 1 is 0.960 bits per heavy atom. The molecule has 2 aliphatic heterocycles. The van der Waals surface area contributed by atoms with E-state index in [0.29, 0.717) is 5.06 Å². The van der Waals surface area contributed by atoms with Gasteiger partial charge >= 0.3 is 7.60 Å². The molecule has 0 saturated carbocycles. The van der Waals surface area contributed by atoms with Crippen LogP contribution in [0.5, 0.6) is 0 Å². The summed E-state index contributed by atoms with van der Waals surface area (Å²) in [5.41, 5.74) is 3.81. The summed E-state index contributed by atoms with van der Waals surface area (Å²) in [7, 11) is -5.34. The third-order valence-corrected chi connectivity index (χ3v) is 10.4. The van der Waals surface area contributed by atoms with Gasteiger partial charge in [0.25, 0.3) is 0 Å². The quantitative estimate of drug-likeness (QED) is 0.704. The second-order valence-electron chi connectivity index (χ2n) is 6.87. The molecular formula is C20H20O3P2. The second-order valence-corrected chi connectivity index (χ2v) is 10.8. The molecule has 2 heterocycles. The molecule has 25 heavy (non-hydrogen) atoms. The van der Waals surface area contributed by atoms with Gasteiger partial charge < -0.3 is 9.79 Å². The lowest BCUT2D eigenvalue weighted by Crippen LogP contribution is -2.18. The minimum Gasteiger partial charge on any atom is -0.321 e. The Labute approximate surface area is 149 Å². The van der Waals surface area contributed by atoms with Gasteiger partial charge in [-0.25, -0.2) is 0 Å². The second kappa shape index (κ2) is 5.76. The van der Waals surface area contributed by atoms with Crippen molar-refractivity contribution in [2.75, 3.05) is 6.16 Å². The van der Waals surface area contributed by atoms with Crippen LogP contribution in [0, 0.1) is 5.41 Å². The van der Waals surface area contributed by atoms with Crippen molar-refractivity contribution in [1.29, 1.82) is 0 Å². The Hall–Kier alpha value is -1.50. The Morgan fingerprint density at radius 2 is 1.48 bits per heavy atom. The molecule has 2 unspecified atom stereocenters. The smallest absolute Gasteiger partial charge is 0.321 e. The van der Waals surface area contributed by atoms with Gasteiger partial charge in [0.2, 0.25) is 0 Å². The SMILES string of the molecule is CC1=C(c2ccccc2)P2CC1(C)C(c1ccccc1)=C2P(=O)(O)O. The van der Waals surface area contributed by atoms with Crippen LogP contribution in [0.4, 0.5) is 0 Å². The van der Waals surface area contributed by atoms with Crippen LogP contribution < -0.4 is 0 Å². The molecule has 0 saturated heterocycles. The molecule has 5 heteroatoms. The molecule has 2 N–H and O–H groups in total. The van der Waals surface area contributed by atoms with Crippen LogP contribution >= 0.6 is 15.5 Å². The molecule has 0 amide bonds. The third-order valence-electron chi connectivity index (χ3n) is 5.34. The number of hydrogen-bond donors (Lipinski definition) is 2. The Kier molecular flexibility index (Phi) is 3.90. The fourth-order valence-electron chi connectivity index (χ4n) is 4.13. The lowest BCUT2D eigenvalue weighted by Gasteiger charge is -2.31. The Bertz CT molecular complexity index is 941. The zero-order valence-corrected chi connectivity index (χ0v) is 16.0. The Balaban J connectivity index is 1.97. The summed E-state index contributed by atoms with van der Waals surface area (Å²) in [6.07, 6.45) is 0.795. The average molecular weight is 370 g/mol. The maximum absolute atomic E-state index is 12.5. The monoisotopic (exact) mass is 370 g/mol. The molecule has 2 aliphatic rings. The number of allylic oxidation sites excluding steroid dienone is 2. The highest BCUT2D eigenvalue weighted by Crippen LogP contribution is 2.84. The molecule has 3 nitrogen and oxygen atoms in total. The highest BCUT2D eigenvalue weighted by Gasteiger charge is 2.56. The van der Waals surface area contributed by atoms with Crippen molar-refractivity contribution in [2.24, 2.45) is 5.41 Å². The van der Waals surface area contributed by atoms with Gasteiger partial charge in [-0.15, -0.1) is 0 Å². The van der Waals surface area contributed by atoms with Crippen LogP contribution in [0.15, 0.2) is 71.3 Å². The summed E-state index contributed by atoms with van der Waals surface area (Å²) in [4.78, 5) is 20.4. The zero-order valence-electron chi connectivity index (χ0n) is 14.2. The predicted molar refractivity (Wildman–Crippen MR) is 104 cm³/mol. The topological polar surface area (TPSA) is 57.5 Å². The first kappa shape index (κ1) is 16.9. The third kappa shape index (κ3) is 2.50. The van der Waals surface area contributed by atoms with Crippen LogP contribution in [-0.4, -0.2) is 15.9 Å². The first-order chi connectivity index (χ1) is 11.8. The van der Waals surface area contributed by atoms with Crippen LogP contribution in [0.3, 0.4) is 0 Å². The maximum Gasteiger partial charge on any atom is 0.357 e. The standard InChI is InChI=1S/C20H20O3P2/c1-14-18(16-11-7-4-8-12-16)24-13-20(14,2)17(19(24)25(21,22)23)15-9-5-3-6-10-15/h3-12H,13H2,1-2H3,(H2,21,22,23). The molecule has 2 aromatic carbocycles. The summed E-state index contributed by atoms with van der Waals surface area (Å²) in [6, 6.07) is 19.7. The van der Waals surface area contributed by atoms with Gasteiger partial charge in [-0.2, -0.15) is 0 Å². The van der Waals surface area contributed by atoms with E-state index in [2.05, 4.69) is 13.8 Å². The van der Waals surface area contributed by atoms with E-state index in [1.807, 2.05) is 60.7 Å². The predicted octanol–water partition coefficient (Wildman–Crippen LogP) is 5.48. The van der Waals surface area contributed by atoms with Gasteiger partial charge in [0.05, 0.1) is 5.06 Å². The van der Waals surface area contributed by atoms with Crippen molar-refractivity contribution in [3.8, 4) is 0 Å². The van der Waals surface area contributed by atoms with Gasteiger partial charge in [-0.3, -0.25) is 4.57 Å². The molecule has 0 aliphatic carbocycles. The van der Waals surface area contributed by atoms with E-state index < -0.39 is 15.5 Å². The molecule has 0 aromatic heterocycles. The highest BCUT2D eigenvalue weighted by molar-refractivity contribution is 7.86. The van der Waals surface area contributed by atoms with Crippen molar-refractivity contribution in [1.82, 2.24) is 0 Å². The summed E-state index contributed by atoms with van der Waals surface area (Å²) in [5.74, 6) is 0. The van der Waals surface area contributed by atoms with E-state index in [9.17, 15) is 14.4 Å². The first-order valence-electron chi connectivity index (χ1n) is 8.24. The van der Waals surface area contributed by atoms with Crippen molar-refractivity contribution < 1.29 is 14.4 Å². The van der Waals surface area contributed by atoms with E-state index in [4.69, 9.17) is 0 Å². The van der Waals surface area contributed by atoms with Crippen LogP contribution in [0.25, 0.3) is 10.9 Å². The Morgan fingerprint density at radius 3 is 2.00 bits per heavy atom. The summed E-state index contributed by atoms with van der Waals surface area (Å²) >= 11 is 0. The van der Waals surface area contributed by atoms with Crippen molar-refractivity contribution in [3.63, 3.8) is 0 Å². The lowest BCUT2D eigenvalue weighted by atomic mass is 9.75. The molecule has 2 aromatic rings. The summed E-state index contributed by atoms with van der Waals surface area (Å²) in [5, 5.41) is 1.52. The van der Waals surface area contributed by atoms with Gasteiger partial charge in [-0.05, 0) is 43.0 Å². The van der Waals surface area contributed by atoms with Crippen molar-refractivity contribution in [2.45, 2.75) is 13.8 Å². The first-order valence-corrected chi connectivity index (χ1v) is 11.4. The van der Waals surface area contributed by atoms with Gasteiger partial charge in [-0.1, -0.05) is 73.2 Å². The van der Waals surface area contributed by atoms with E-state index in [0.717, 1.165) is 28.2 Å². The number of fused-ring (bicyclic) bond motifs is 2. The number of rotatable bonds is 3. The average Bonchev–Trinajstić information content (AvgIpc) is 3.04. The highest BCUT2D eigenvalue weighted by atomic mass is 31.2. The lowest BCUT2D eigenvalue weighted by molar-refractivity contribution is 0.385. The maximum atomic E-state index is 12.5.